The summed E-state index contributed by atoms with van der Waals surface area (Å²) in [6.45, 7) is 0.153. The minimum absolute atomic E-state index is 0.153. The Morgan fingerprint density at radius 2 is 2.00 bits per heavy atom. The van der Waals surface area contributed by atoms with E-state index in [-0.39, 0.29) is 6.61 Å². The van der Waals surface area contributed by atoms with Crippen LogP contribution in [-0.2, 0) is 4.79 Å². The van der Waals surface area contributed by atoms with Crippen LogP contribution < -0.4 is 4.74 Å². The average molecular weight is 248 g/mol. The van der Waals surface area contributed by atoms with Crippen LogP contribution in [-0.4, -0.2) is 17.7 Å². The Morgan fingerprint density at radius 1 is 1.24 bits per heavy atom. The van der Waals surface area contributed by atoms with Crippen LogP contribution in [0, 0.1) is 0 Å². The van der Waals surface area contributed by atoms with Crippen molar-refractivity contribution >= 4 is 17.3 Å². The number of carbonyl (C=O) groups is 1. The van der Waals surface area contributed by atoms with E-state index in [0.29, 0.717) is 5.75 Å². The number of hydrogen-bond donors (Lipinski definition) is 1. The van der Waals surface area contributed by atoms with Gasteiger partial charge >= 0.3 is 5.97 Å². The second kappa shape index (κ2) is 5.50. The van der Waals surface area contributed by atoms with E-state index in [1.165, 1.54) is 11.3 Å². The van der Waals surface area contributed by atoms with Crippen molar-refractivity contribution < 1.29 is 14.6 Å². The Morgan fingerprint density at radius 3 is 2.59 bits per heavy atom. The van der Waals surface area contributed by atoms with Gasteiger partial charge in [-0.15, -0.1) is 11.3 Å². The van der Waals surface area contributed by atoms with Crippen LogP contribution in [0.1, 0.15) is 10.8 Å². The van der Waals surface area contributed by atoms with E-state index in [4.69, 9.17) is 9.84 Å². The topological polar surface area (TPSA) is 46.5 Å². The predicted octanol–water partition coefficient (Wildman–Crippen LogP) is 3.00. The first-order valence-corrected chi connectivity index (χ1v) is 6.09. The molecule has 1 heterocycles. The van der Waals surface area contributed by atoms with Crippen molar-refractivity contribution in [1.29, 1.82) is 0 Å². The summed E-state index contributed by atoms with van der Waals surface area (Å²) in [5, 5.41) is 11.0. The fourth-order valence-electron chi connectivity index (χ4n) is 1.46. The summed E-state index contributed by atoms with van der Waals surface area (Å²) in [7, 11) is 0. The van der Waals surface area contributed by atoms with E-state index < -0.39 is 11.9 Å². The smallest absolute Gasteiger partial charge is 0.315 e. The molecule has 1 N–H and O–H groups in total. The molecule has 0 bridgehead atoms. The summed E-state index contributed by atoms with van der Waals surface area (Å²) >= 11 is 1.43. The van der Waals surface area contributed by atoms with Crippen LogP contribution >= 0.6 is 11.3 Å². The predicted molar refractivity (Wildman–Crippen MR) is 66.6 cm³/mol. The lowest BCUT2D eigenvalue weighted by molar-refractivity contribution is -0.139. The number of benzene rings is 1. The van der Waals surface area contributed by atoms with Crippen LogP contribution in [0.2, 0.25) is 0 Å². The molecule has 0 aliphatic carbocycles. The zero-order valence-electron chi connectivity index (χ0n) is 9.08. The molecule has 17 heavy (non-hydrogen) atoms. The molecule has 2 rings (SSSR count). The van der Waals surface area contributed by atoms with E-state index in [9.17, 15) is 4.79 Å². The SMILES string of the molecule is O=C(O)C(COc1ccccc1)c1cccs1. The molecule has 0 aliphatic rings. The molecular formula is C13H12O3S. The number of carboxylic acid groups (broad SMARTS) is 1. The van der Waals surface area contributed by atoms with E-state index in [1.807, 2.05) is 47.8 Å². The summed E-state index contributed by atoms with van der Waals surface area (Å²) in [6, 6.07) is 12.9. The van der Waals surface area contributed by atoms with Gasteiger partial charge in [0.1, 0.15) is 18.3 Å². The summed E-state index contributed by atoms with van der Waals surface area (Å²) in [4.78, 5) is 12.0. The molecule has 0 saturated carbocycles. The van der Waals surface area contributed by atoms with Gasteiger partial charge in [-0.05, 0) is 23.6 Å². The maximum absolute atomic E-state index is 11.1. The third-order valence-electron chi connectivity index (χ3n) is 2.34. The number of ether oxygens (including phenoxy) is 1. The Hall–Kier alpha value is -1.81. The highest BCUT2D eigenvalue weighted by atomic mass is 32.1. The van der Waals surface area contributed by atoms with Gasteiger partial charge in [-0.2, -0.15) is 0 Å². The van der Waals surface area contributed by atoms with E-state index >= 15 is 0 Å². The van der Waals surface area contributed by atoms with Gasteiger partial charge in [0.15, 0.2) is 0 Å². The van der Waals surface area contributed by atoms with Crippen LogP contribution in [0.3, 0.4) is 0 Å². The van der Waals surface area contributed by atoms with E-state index in [0.717, 1.165) is 4.88 Å². The molecule has 0 spiro atoms. The summed E-state index contributed by atoms with van der Waals surface area (Å²) in [6.07, 6.45) is 0. The fourth-order valence-corrected chi connectivity index (χ4v) is 2.27. The summed E-state index contributed by atoms with van der Waals surface area (Å²) in [5.74, 6) is -0.770. The molecule has 1 atom stereocenters. The minimum atomic E-state index is -0.858. The number of para-hydroxylation sites is 1. The van der Waals surface area contributed by atoms with Crippen LogP contribution in [0.15, 0.2) is 47.8 Å². The lowest BCUT2D eigenvalue weighted by atomic mass is 10.1. The minimum Gasteiger partial charge on any atom is -0.492 e. The first-order chi connectivity index (χ1) is 8.27. The molecule has 88 valence electrons. The van der Waals surface area contributed by atoms with Gasteiger partial charge < -0.3 is 9.84 Å². The maximum atomic E-state index is 11.1. The largest absolute Gasteiger partial charge is 0.492 e. The van der Waals surface area contributed by atoms with Gasteiger partial charge in [-0.25, -0.2) is 0 Å². The maximum Gasteiger partial charge on any atom is 0.315 e. The van der Waals surface area contributed by atoms with Crippen molar-refractivity contribution in [2.45, 2.75) is 5.92 Å². The van der Waals surface area contributed by atoms with Crippen molar-refractivity contribution in [2.24, 2.45) is 0 Å². The first kappa shape index (κ1) is 11.7. The Balaban J connectivity index is 2.03. The molecule has 3 nitrogen and oxygen atoms in total. The van der Waals surface area contributed by atoms with Crippen molar-refractivity contribution in [3.8, 4) is 5.75 Å². The van der Waals surface area contributed by atoms with Crippen molar-refractivity contribution in [3.63, 3.8) is 0 Å². The van der Waals surface area contributed by atoms with E-state index in [1.54, 1.807) is 0 Å². The third kappa shape index (κ3) is 3.07. The number of thiophene rings is 1. The highest BCUT2D eigenvalue weighted by Gasteiger charge is 2.21. The summed E-state index contributed by atoms with van der Waals surface area (Å²) < 4.78 is 5.48. The van der Waals surface area contributed by atoms with Gasteiger partial charge in [0, 0.05) is 4.88 Å². The highest BCUT2D eigenvalue weighted by Crippen LogP contribution is 2.22. The second-order valence-corrected chi connectivity index (χ2v) is 4.51. The standard InChI is InChI=1S/C13H12O3S/c14-13(15)11(12-7-4-8-17-12)9-16-10-5-2-1-3-6-10/h1-8,11H,9H2,(H,14,15). The van der Waals surface area contributed by atoms with Crippen LogP contribution in [0.4, 0.5) is 0 Å². The normalized spacial score (nSPS) is 12.0. The molecule has 2 aromatic rings. The highest BCUT2D eigenvalue weighted by molar-refractivity contribution is 7.10. The summed E-state index contributed by atoms with van der Waals surface area (Å²) in [5.41, 5.74) is 0. The van der Waals surface area contributed by atoms with Crippen molar-refractivity contribution in [1.82, 2.24) is 0 Å². The van der Waals surface area contributed by atoms with Gasteiger partial charge in [-0.3, -0.25) is 4.79 Å². The Labute approximate surface area is 103 Å². The number of carboxylic acids is 1. The zero-order chi connectivity index (χ0) is 12.1. The van der Waals surface area contributed by atoms with Crippen molar-refractivity contribution in [2.75, 3.05) is 6.61 Å². The second-order valence-electron chi connectivity index (χ2n) is 3.53. The van der Waals surface area contributed by atoms with Crippen LogP contribution in [0.5, 0.6) is 5.75 Å². The quantitative estimate of drug-likeness (QED) is 0.884. The van der Waals surface area contributed by atoms with Gasteiger partial charge in [0.2, 0.25) is 0 Å². The molecule has 1 aromatic carbocycles. The van der Waals surface area contributed by atoms with Gasteiger partial charge in [0.25, 0.3) is 0 Å². The molecule has 0 amide bonds. The number of aliphatic carboxylic acids is 1. The Bertz CT molecular complexity index is 465. The molecule has 1 aromatic heterocycles. The molecule has 0 radical (unpaired) electrons. The first-order valence-electron chi connectivity index (χ1n) is 5.21. The molecule has 0 saturated heterocycles. The number of hydrogen-bond acceptors (Lipinski definition) is 3. The lowest BCUT2D eigenvalue weighted by Gasteiger charge is -2.12. The molecule has 0 fully saturated rings. The van der Waals surface area contributed by atoms with Crippen LogP contribution in [0.25, 0.3) is 0 Å². The average Bonchev–Trinajstić information content (AvgIpc) is 2.84. The van der Waals surface area contributed by atoms with Crippen molar-refractivity contribution in [3.05, 3.63) is 52.7 Å². The van der Waals surface area contributed by atoms with Gasteiger partial charge in [-0.1, -0.05) is 24.3 Å². The molecule has 4 heteroatoms. The molecule has 1 unspecified atom stereocenters. The van der Waals surface area contributed by atoms with Gasteiger partial charge in [0.05, 0.1) is 0 Å². The third-order valence-corrected chi connectivity index (χ3v) is 3.33. The molecule has 0 aliphatic heterocycles. The lowest BCUT2D eigenvalue weighted by Crippen LogP contribution is -2.18. The Kier molecular flexibility index (Phi) is 3.77. The zero-order valence-corrected chi connectivity index (χ0v) is 9.89. The monoisotopic (exact) mass is 248 g/mol. The van der Waals surface area contributed by atoms with E-state index in [2.05, 4.69) is 0 Å². The fraction of sp³-hybridized carbons (Fsp3) is 0.154. The molecular weight excluding hydrogens is 236 g/mol. The number of rotatable bonds is 5.